The third-order valence-electron chi connectivity index (χ3n) is 7.22. The number of carboxylic acid groups (broad SMARTS) is 1. The smallest absolute Gasteiger partial charge is 0.325 e. The molecule has 0 aliphatic rings. The number of hydrogen-bond acceptors (Lipinski definition) is 6. The lowest BCUT2D eigenvalue weighted by atomic mass is 9.89. The lowest BCUT2D eigenvalue weighted by molar-refractivity contribution is -0.159. The number of hydrogen-bond donors (Lipinski definition) is 4. The third-order valence-corrected chi connectivity index (χ3v) is 7.22. The number of aliphatic hydroxyl groups excluding tert-OH is 2. The van der Waals surface area contributed by atoms with Gasteiger partial charge in [-0.2, -0.15) is 0 Å². The average molecular weight is 540 g/mol. The summed E-state index contributed by atoms with van der Waals surface area (Å²) in [5, 5.41) is 31.5. The zero-order valence-corrected chi connectivity index (χ0v) is 25.0. The molecule has 0 bridgehead atoms. The summed E-state index contributed by atoms with van der Waals surface area (Å²) in [6, 6.07) is -1.02. The van der Waals surface area contributed by atoms with Gasteiger partial charge in [0.25, 0.3) is 0 Å². The molecule has 7 atom stereocenters. The molecule has 8 nitrogen and oxygen atoms in total. The van der Waals surface area contributed by atoms with E-state index in [-0.39, 0.29) is 36.8 Å². The van der Waals surface area contributed by atoms with E-state index in [4.69, 9.17) is 9.84 Å². The lowest BCUT2D eigenvalue weighted by Gasteiger charge is -2.24. The largest absolute Gasteiger partial charge is 0.480 e. The fourth-order valence-electron chi connectivity index (χ4n) is 3.93. The molecule has 0 fully saturated rings. The maximum absolute atomic E-state index is 12.3. The molecular weight excluding hydrogens is 486 g/mol. The minimum atomic E-state index is -1.14. The van der Waals surface area contributed by atoms with Crippen molar-refractivity contribution in [2.45, 2.75) is 125 Å². The molecule has 1 amide bonds. The minimum absolute atomic E-state index is 0.0647. The van der Waals surface area contributed by atoms with Crippen molar-refractivity contribution in [3.05, 3.63) is 23.8 Å². The summed E-state index contributed by atoms with van der Waals surface area (Å²) in [5.74, 6) is -1.00. The number of rotatable bonds is 18. The molecule has 2 unspecified atom stereocenters. The molecule has 0 rings (SSSR count). The van der Waals surface area contributed by atoms with Gasteiger partial charge in [0, 0.05) is 0 Å². The van der Waals surface area contributed by atoms with Gasteiger partial charge in [0.05, 0.1) is 30.1 Å². The predicted octanol–water partition coefficient (Wildman–Crippen LogP) is 5.03. The summed E-state index contributed by atoms with van der Waals surface area (Å²) in [7, 11) is 0. The highest BCUT2D eigenvalue weighted by atomic mass is 16.5. The van der Waals surface area contributed by atoms with Crippen molar-refractivity contribution in [3.63, 3.8) is 0 Å². The van der Waals surface area contributed by atoms with E-state index in [9.17, 15) is 24.6 Å². The van der Waals surface area contributed by atoms with E-state index in [0.29, 0.717) is 12.3 Å². The molecule has 0 aromatic heterocycles. The molecule has 0 saturated carbocycles. The van der Waals surface area contributed by atoms with Crippen molar-refractivity contribution in [1.82, 2.24) is 5.32 Å². The average Bonchev–Trinajstić information content (AvgIpc) is 2.80. The van der Waals surface area contributed by atoms with E-state index in [0.717, 1.165) is 24.8 Å². The highest BCUT2D eigenvalue weighted by Crippen LogP contribution is 2.24. The SMILES string of the molecule is CCC(C)(C)C(=O)O[C@H](C)C[C@@H](C)/C=C(C)/C=C\[C@H](C)[C@@H](C)CCC(O)C[C@@H](O)CC(=O)NC(C)C(=O)O. The van der Waals surface area contributed by atoms with Crippen LogP contribution in [0.2, 0.25) is 0 Å². The number of ether oxygens (including phenoxy) is 1. The molecule has 0 aliphatic heterocycles. The maximum atomic E-state index is 12.3. The summed E-state index contributed by atoms with van der Waals surface area (Å²) in [6.45, 7) is 17.5. The van der Waals surface area contributed by atoms with Gasteiger partial charge in [0.1, 0.15) is 6.04 Å². The van der Waals surface area contributed by atoms with Crippen LogP contribution in [0.1, 0.15) is 101 Å². The van der Waals surface area contributed by atoms with Gasteiger partial charge in [-0.15, -0.1) is 0 Å². The predicted molar refractivity (Wildman–Crippen MR) is 150 cm³/mol. The van der Waals surface area contributed by atoms with Crippen LogP contribution in [0.25, 0.3) is 0 Å². The Bertz CT molecular complexity index is 804. The van der Waals surface area contributed by atoms with Gasteiger partial charge in [-0.3, -0.25) is 14.4 Å². The first-order valence-corrected chi connectivity index (χ1v) is 13.9. The fraction of sp³-hybridized carbons (Fsp3) is 0.767. The highest BCUT2D eigenvalue weighted by molar-refractivity contribution is 5.83. The fourth-order valence-corrected chi connectivity index (χ4v) is 3.93. The molecule has 0 spiro atoms. The Morgan fingerprint density at radius 1 is 0.974 bits per heavy atom. The molecule has 38 heavy (non-hydrogen) atoms. The standard InChI is InChI=1S/C30H53NO7/c1-10-30(8,9)29(37)38-23(6)16-20(3)15-19(2)11-12-21(4)22(5)13-14-25(32)17-26(33)18-27(34)31-24(7)28(35)36/h11-12,15,20-26,32-33H,10,13-14,16-18H2,1-9H3,(H,31,34)(H,35,36)/b12-11-,19-15+/t20-,21-,22-,23+,24?,25?,26+/m0/s1. The van der Waals surface area contributed by atoms with Gasteiger partial charge in [-0.05, 0) is 84.5 Å². The zero-order valence-electron chi connectivity index (χ0n) is 25.0. The van der Waals surface area contributed by atoms with Crippen LogP contribution in [0.4, 0.5) is 0 Å². The van der Waals surface area contributed by atoms with Gasteiger partial charge in [-0.1, -0.05) is 51.5 Å². The molecule has 220 valence electrons. The maximum Gasteiger partial charge on any atom is 0.325 e. The molecule has 0 aromatic rings. The second-order valence-corrected chi connectivity index (χ2v) is 11.7. The normalized spacial score (nSPS) is 18.2. The first kappa shape index (κ1) is 35.8. The quantitative estimate of drug-likeness (QED) is 0.142. The molecule has 0 aromatic carbocycles. The molecule has 0 radical (unpaired) electrons. The van der Waals surface area contributed by atoms with Crippen molar-refractivity contribution >= 4 is 17.8 Å². The number of carbonyl (C=O) groups is 3. The van der Waals surface area contributed by atoms with E-state index in [1.807, 2.05) is 27.7 Å². The van der Waals surface area contributed by atoms with Crippen molar-refractivity contribution in [3.8, 4) is 0 Å². The number of esters is 1. The molecular formula is C30H53NO7. The lowest BCUT2D eigenvalue weighted by Crippen LogP contribution is -2.40. The van der Waals surface area contributed by atoms with Crippen LogP contribution in [0.5, 0.6) is 0 Å². The van der Waals surface area contributed by atoms with Gasteiger partial charge in [-0.25, -0.2) is 0 Å². The first-order valence-electron chi connectivity index (χ1n) is 13.9. The van der Waals surface area contributed by atoms with Crippen LogP contribution in [0.15, 0.2) is 23.8 Å². The van der Waals surface area contributed by atoms with Crippen molar-refractivity contribution in [2.24, 2.45) is 23.2 Å². The monoisotopic (exact) mass is 539 g/mol. The molecule has 0 heterocycles. The topological polar surface area (TPSA) is 133 Å². The number of nitrogens with one attached hydrogen (secondary N) is 1. The van der Waals surface area contributed by atoms with Gasteiger partial charge in [0.2, 0.25) is 5.91 Å². The van der Waals surface area contributed by atoms with Crippen LogP contribution < -0.4 is 5.32 Å². The highest BCUT2D eigenvalue weighted by Gasteiger charge is 2.28. The number of allylic oxidation sites excluding steroid dienone is 4. The summed E-state index contributed by atoms with van der Waals surface area (Å²) in [4.78, 5) is 34.9. The Morgan fingerprint density at radius 2 is 1.58 bits per heavy atom. The van der Waals surface area contributed by atoms with E-state index in [2.05, 4.69) is 51.2 Å². The summed E-state index contributed by atoms with van der Waals surface area (Å²) in [6.07, 6.45) is 7.10. The van der Waals surface area contributed by atoms with Crippen LogP contribution >= 0.6 is 0 Å². The Hall–Kier alpha value is -2.19. The van der Waals surface area contributed by atoms with Crippen molar-refractivity contribution in [1.29, 1.82) is 0 Å². The molecule has 8 heteroatoms. The summed E-state index contributed by atoms with van der Waals surface area (Å²) in [5.41, 5.74) is 0.676. The van der Waals surface area contributed by atoms with Gasteiger partial charge in [0.15, 0.2) is 0 Å². The van der Waals surface area contributed by atoms with Crippen LogP contribution in [0, 0.1) is 23.2 Å². The Morgan fingerprint density at radius 3 is 2.13 bits per heavy atom. The molecule has 0 aliphatic carbocycles. The van der Waals surface area contributed by atoms with E-state index in [1.165, 1.54) is 6.92 Å². The Kier molecular flexibility index (Phi) is 16.4. The number of amides is 1. The minimum Gasteiger partial charge on any atom is -0.480 e. The van der Waals surface area contributed by atoms with E-state index < -0.39 is 35.5 Å². The number of aliphatic carboxylic acids is 1. The zero-order chi connectivity index (χ0) is 29.6. The number of aliphatic hydroxyl groups is 2. The molecule has 0 saturated heterocycles. The number of carboxylic acids is 1. The first-order chi connectivity index (χ1) is 17.5. The van der Waals surface area contributed by atoms with Crippen molar-refractivity contribution in [2.75, 3.05) is 0 Å². The van der Waals surface area contributed by atoms with Crippen LogP contribution in [-0.4, -0.2) is 57.5 Å². The summed E-state index contributed by atoms with van der Waals surface area (Å²) < 4.78 is 5.64. The van der Waals surface area contributed by atoms with Crippen molar-refractivity contribution < 1.29 is 34.4 Å². The second-order valence-electron chi connectivity index (χ2n) is 11.7. The Balaban J connectivity index is 4.54. The Labute approximate surface area is 229 Å². The van der Waals surface area contributed by atoms with Gasteiger partial charge < -0.3 is 25.4 Å². The second kappa shape index (κ2) is 17.4. The molecule has 4 N–H and O–H groups in total. The number of carbonyl (C=O) groups excluding carboxylic acids is 2. The van der Waals surface area contributed by atoms with Crippen LogP contribution in [0.3, 0.4) is 0 Å². The van der Waals surface area contributed by atoms with E-state index >= 15 is 0 Å². The van der Waals surface area contributed by atoms with E-state index in [1.54, 1.807) is 0 Å². The van der Waals surface area contributed by atoms with Gasteiger partial charge >= 0.3 is 11.9 Å². The summed E-state index contributed by atoms with van der Waals surface area (Å²) >= 11 is 0. The third kappa shape index (κ3) is 15.3. The van der Waals surface area contributed by atoms with Crippen LogP contribution in [-0.2, 0) is 19.1 Å².